The number of halogens is 1. The van der Waals surface area contributed by atoms with Crippen molar-refractivity contribution >= 4 is 25.6 Å². The zero-order chi connectivity index (χ0) is 15.3. The van der Waals surface area contributed by atoms with Crippen LogP contribution in [0.15, 0.2) is 23.1 Å². The second kappa shape index (κ2) is 7.06. The summed E-state index contributed by atoms with van der Waals surface area (Å²) in [4.78, 5) is 12.0. The van der Waals surface area contributed by atoms with Gasteiger partial charge >= 0.3 is 0 Å². The highest BCUT2D eigenvalue weighted by Gasteiger charge is 2.17. The van der Waals surface area contributed by atoms with Crippen molar-refractivity contribution in [2.45, 2.75) is 31.2 Å². The molecule has 1 aromatic carbocycles. The van der Waals surface area contributed by atoms with Gasteiger partial charge in [0.25, 0.3) is 15.0 Å². The van der Waals surface area contributed by atoms with Crippen molar-refractivity contribution in [3.63, 3.8) is 0 Å². The molecule has 112 valence electrons. The molecule has 0 aliphatic carbocycles. The molecule has 1 N–H and O–H groups in total. The van der Waals surface area contributed by atoms with E-state index in [1.54, 1.807) is 26.2 Å². The highest BCUT2D eigenvalue weighted by Crippen LogP contribution is 2.21. The molecule has 0 aliphatic rings. The minimum Gasteiger partial charge on any atom is -0.385 e. The van der Waals surface area contributed by atoms with Crippen LogP contribution in [0.5, 0.6) is 0 Å². The van der Waals surface area contributed by atoms with Crippen molar-refractivity contribution in [1.82, 2.24) is 5.32 Å². The third-order valence-corrected chi connectivity index (χ3v) is 4.31. The molecule has 0 aromatic heterocycles. The fourth-order valence-corrected chi connectivity index (χ4v) is 2.90. The van der Waals surface area contributed by atoms with Crippen molar-refractivity contribution < 1.29 is 17.9 Å². The Bertz CT molecular complexity index is 586. The summed E-state index contributed by atoms with van der Waals surface area (Å²) in [5, 5.41) is 2.77. The molecule has 20 heavy (non-hydrogen) atoms. The van der Waals surface area contributed by atoms with Crippen LogP contribution in [0, 0.1) is 6.92 Å². The second-order valence-electron chi connectivity index (χ2n) is 4.57. The molecule has 0 bridgehead atoms. The Morgan fingerprint density at radius 1 is 1.45 bits per heavy atom. The quantitative estimate of drug-likeness (QED) is 0.815. The molecule has 0 radical (unpaired) electrons. The predicted octanol–water partition coefficient (Wildman–Crippen LogP) is 2.08. The summed E-state index contributed by atoms with van der Waals surface area (Å²) in [6.07, 6.45) is 0.675. The summed E-state index contributed by atoms with van der Waals surface area (Å²) in [6, 6.07) is 4.35. The number of carbonyl (C=O) groups is 1. The van der Waals surface area contributed by atoms with E-state index in [2.05, 4.69) is 5.32 Å². The first-order valence-electron chi connectivity index (χ1n) is 6.11. The fraction of sp³-hybridized carbons (Fsp3) is 0.462. The Morgan fingerprint density at radius 3 is 2.65 bits per heavy atom. The standard InChI is InChI=1S/C13H18ClNO4S/c1-9-4-5-11(8-12(9)20(14,17)18)13(16)15-10(2)6-7-19-3/h4-5,8,10H,6-7H2,1-3H3,(H,15,16). The first-order valence-corrected chi connectivity index (χ1v) is 8.41. The van der Waals surface area contributed by atoms with E-state index in [1.807, 2.05) is 6.92 Å². The van der Waals surface area contributed by atoms with Crippen LogP contribution in [-0.4, -0.2) is 34.1 Å². The van der Waals surface area contributed by atoms with Gasteiger partial charge in [0.05, 0.1) is 4.90 Å². The van der Waals surface area contributed by atoms with Crippen LogP contribution in [0.1, 0.15) is 29.3 Å². The number of rotatable bonds is 6. The van der Waals surface area contributed by atoms with Gasteiger partial charge in [0, 0.05) is 36.0 Å². The van der Waals surface area contributed by atoms with Gasteiger partial charge in [-0.05, 0) is 38.0 Å². The minimum absolute atomic E-state index is 0.0450. The van der Waals surface area contributed by atoms with E-state index in [9.17, 15) is 13.2 Å². The first kappa shape index (κ1) is 16.9. The number of amides is 1. The van der Waals surface area contributed by atoms with Crippen LogP contribution in [0.4, 0.5) is 0 Å². The number of nitrogens with one attached hydrogen (secondary N) is 1. The van der Waals surface area contributed by atoms with Crippen LogP contribution < -0.4 is 5.32 Å². The van der Waals surface area contributed by atoms with Gasteiger partial charge in [-0.15, -0.1) is 0 Å². The van der Waals surface area contributed by atoms with Gasteiger partial charge in [-0.25, -0.2) is 8.42 Å². The molecule has 0 heterocycles. The van der Waals surface area contributed by atoms with E-state index in [1.165, 1.54) is 6.07 Å². The average Bonchev–Trinajstić information content (AvgIpc) is 2.35. The topological polar surface area (TPSA) is 72.5 Å². The monoisotopic (exact) mass is 319 g/mol. The number of hydrogen-bond donors (Lipinski definition) is 1. The molecular formula is C13H18ClNO4S. The molecule has 7 heteroatoms. The highest BCUT2D eigenvalue weighted by molar-refractivity contribution is 8.13. The molecule has 1 aromatic rings. The summed E-state index contributed by atoms with van der Waals surface area (Å²) < 4.78 is 27.7. The van der Waals surface area contributed by atoms with Gasteiger partial charge < -0.3 is 10.1 Å². The molecule has 0 aliphatic heterocycles. The molecule has 0 fully saturated rings. The highest BCUT2D eigenvalue weighted by atomic mass is 35.7. The van der Waals surface area contributed by atoms with Crippen molar-refractivity contribution in [2.75, 3.05) is 13.7 Å². The fourth-order valence-electron chi connectivity index (χ4n) is 1.68. The largest absolute Gasteiger partial charge is 0.385 e. The number of carbonyl (C=O) groups excluding carboxylic acids is 1. The lowest BCUT2D eigenvalue weighted by atomic mass is 10.1. The lowest BCUT2D eigenvalue weighted by molar-refractivity contribution is 0.0929. The number of methoxy groups -OCH3 is 1. The Labute approximate surface area is 123 Å². The molecule has 0 saturated carbocycles. The van der Waals surface area contributed by atoms with Gasteiger partial charge in [0.2, 0.25) is 0 Å². The number of benzene rings is 1. The van der Waals surface area contributed by atoms with Crippen LogP contribution in [-0.2, 0) is 13.8 Å². The van der Waals surface area contributed by atoms with Gasteiger partial charge in [-0.2, -0.15) is 0 Å². The summed E-state index contributed by atoms with van der Waals surface area (Å²) in [6.45, 7) is 4.01. The van der Waals surface area contributed by atoms with Crippen molar-refractivity contribution in [3.8, 4) is 0 Å². The summed E-state index contributed by atoms with van der Waals surface area (Å²) in [5.74, 6) is -0.338. The Morgan fingerprint density at radius 2 is 2.10 bits per heavy atom. The van der Waals surface area contributed by atoms with Crippen molar-refractivity contribution in [3.05, 3.63) is 29.3 Å². The first-order chi connectivity index (χ1) is 9.25. The molecule has 1 rings (SSSR count). The number of aryl methyl sites for hydroxylation is 1. The molecule has 0 spiro atoms. The van der Waals surface area contributed by atoms with E-state index in [-0.39, 0.29) is 22.4 Å². The molecule has 1 amide bonds. The van der Waals surface area contributed by atoms with E-state index in [0.29, 0.717) is 18.6 Å². The van der Waals surface area contributed by atoms with Gasteiger partial charge in [-0.3, -0.25) is 4.79 Å². The summed E-state index contributed by atoms with van der Waals surface area (Å²) in [5.41, 5.74) is 0.767. The second-order valence-corrected chi connectivity index (χ2v) is 7.11. The third kappa shape index (κ3) is 4.77. The zero-order valence-corrected chi connectivity index (χ0v) is 13.2. The Hall–Kier alpha value is -1.11. The van der Waals surface area contributed by atoms with Crippen molar-refractivity contribution in [2.24, 2.45) is 0 Å². The molecule has 1 atom stereocenters. The van der Waals surface area contributed by atoms with Crippen LogP contribution in [0.2, 0.25) is 0 Å². The third-order valence-electron chi connectivity index (χ3n) is 2.85. The van der Waals surface area contributed by atoms with Crippen molar-refractivity contribution in [1.29, 1.82) is 0 Å². The zero-order valence-electron chi connectivity index (χ0n) is 11.6. The van der Waals surface area contributed by atoms with E-state index >= 15 is 0 Å². The Kier molecular flexibility index (Phi) is 5.98. The summed E-state index contributed by atoms with van der Waals surface area (Å²) >= 11 is 0. The predicted molar refractivity (Wildman–Crippen MR) is 77.6 cm³/mol. The average molecular weight is 320 g/mol. The lowest BCUT2D eigenvalue weighted by Crippen LogP contribution is -2.33. The van der Waals surface area contributed by atoms with E-state index in [4.69, 9.17) is 15.4 Å². The molecule has 1 unspecified atom stereocenters. The maximum Gasteiger partial charge on any atom is 0.261 e. The molecule has 5 nitrogen and oxygen atoms in total. The number of hydrogen-bond acceptors (Lipinski definition) is 4. The van der Waals surface area contributed by atoms with Gasteiger partial charge in [0.15, 0.2) is 0 Å². The van der Waals surface area contributed by atoms with Gasteiger partial charge in [0.1, 0.15) is 0 Å². The maximum absolute atomic E-state index is 12.0. The molecular weight excluding hydrogens is 302 g/mol. The molecule has 0 saturated heterocycles. The normalized spacial score (nSPS) is 13.0. The van der Waals surface area contributed by atoms with Gasteiger partial charge in [-0.1, -0.05) is 6.07 Å². The van der Waals surface area contributed by atoms with Crippen LogP contribution in [0.3, 0.4) is 0 Å². The lowest BCUT2D eigenvalue weighted by Gasteiger charge is -2.14. The Balaban J connectivity index is 2.90. The van der Waals surface area contributed by atoms with E-state index < -0.39 is 9.05 Å². The van der Waals surface area contributed by atoms with Crippen LogP contribution >= 0.6 is 10.7 Å². The maximum atomic E-state index is 12.0. The van der Waals surface area contributed by atoms with E-state index in [0.717, 1.165) is 0 Å². The van der Waals surface area contributed by atoms with Crippen LogP contribution in [0.25, 0.3) is 0 Å². The minimum atomic E-state index is -3.86. The SMILES string of the molecule is COCCC(C)NC(=O)c1ccc(C)c(S(=O)(=O)Cl)c1. The smallest absolute Gasteiger partial charge is 0.261 e. The number of ether oxygens (including phenoxy) is 1. The summed E-state index contributed by atoms with van der Waals surface area (Å²) in [7, 11) is 3.07.